The highest BCUT2D eigenvalue weighted by molar-refractivity contribution is 5.58. The average molecular weight is 586 g/mol. The first-order valence-electron chi connectivity index (χ1n) is 12.7. The van der Waals surface area contributed by atoms with Crippen molar-refractivity contribution in [1.29, 1.82) is 0 Å². The van der Waals surface area contributed by atoms with Crippen LogP contribution >= 0.6 is 0 Å². The fourth-order valence-electron chi connectivity index (χ4n) is 5.11. The minimum absolute atomic E-state index is 0.0322. The Balaban J connectivity index is 0.00000124. The number of hydrogen-bond donors (Lipinski definition) is 5. The number of ether oxygens (including phenoxy) is 2. The number of nitrogens with zero attached hydrogens (tertiary/aromatic N) is 4. The van der Waals surface area contributed by atoms with Crippen molar-refractivity contribution in [3.05, 3.63) is 53.3 Å². The number of carbonyl (C=O) groups is 1. The molecule has 0 spiro atoms. The molecule has 2 fully saturated rings. The number of nitrogens with one attached hydrogen (secondary N) is 1. The second-order valence-electron chi connectivity index (χ2n) is 9.69. The summed E-state index contributed by atoms with van der Waals surface area (Å²) in [5, 5.41) is 53.9. The molecule has 2 aliphatic rings. The molecular formula is C25H30F3N5O8. The molecule has 16 heteroatoms. The minimum Gasteiger partial charge on any atom is -0.483 e. The van der Waals surface area contributed by atoms with Gasteiger partial charge in [-0.2, -0.15) is 0 Å². The first-order valence-corrected chi connectivity index (χ1v) is 12.7. The van der Waals surface area contributed by atoms with Crippen LogP contribution in [-0.4, -0.2) is 98.3 Å². The largest absolute Gasteiger partial charge is 0.483 e. The smallest absolute Gasteiger partial charge is 0.290 e. The summed E-state index contributed by atoms with van der Waals surface area (Å²) in [5.74, 6) is -4.01. The van der Waals surface area contributed by atoms with Crippen molar-refractivity contribution in [2.45, 2.75) is 55.3 Å². The Labute approximate surface area is 231 Å². The topological polar surface area (TPSA) is 185 Å². The Morgan fingerprint density at radius 1 is 1.20 bits per heavy atom. The van der Waals surface area contributed by atoms with Crippen LogP contribution in [0.15, 0.2) is 28.9 Å². The lowest BCUT2D eigenvalue weighted by Gasteiger charge is -2.43. The zero-order chi connectivity index (χ0) is 29.7. The van der Waals surface area contributed by atoms with Gasteiger partial charge in [-0.05, 0) is 38.1 Å². The molecule has 4 heterocycles. The molecule has 2 aromatic heterocycles. The lowest BCUT2D eigenvalue weighted by molar-refractivity contribution is -0.212. The molecule has 0 amide bonds. The molecule has 0 unspecified atom stereocenters. The molecule has 0 radical (unpaired) electrons. The number of benzene rings is 1. The van der Waals surface area contributed by atoms with E-state index in [2.05, 4.69) is 20.8 Å². The van der Waals surface area contributed by atoms with Crippen LogP contribution in [0.2, 0.25) is 0 Å². The lowest BCUT2D eigenvalue weighted by Crippen LogP contribution is -2.57. The summed E-state index contributed by atoms with van der Waals surface area (Å²) in [6, 6.07) is 2.31. The highest BCUT2D eigenvalue weighted by Gasteiger charge is 2.47. The normalized spacial score (nSPS) is 25.8. The standard InChI is InChI=1S/C24H28F3N5O6.CH2O2/c1-36-23-17(8-13-9-19(38-30-13)24(35)2-4-28-5-3-24)37-18(11-33)22(34)21(23)32-10-16(29-31-32)12-6-14(25)20(27)15(26)7-12;2-1-3/h6-7,9-10,17-18,21-23,28,33-35H,2-5,8,11H2,1H3;1H,(H,2,3)/t17-,18-,21+,22+,23+;/m1./s1. The van der Waals surface area contributed by atoms with Gasteiger partial charge in [-0.15, -0.1) is 5.10 Å². The van der Waals surface area contributed by atoms with Gasteiger partial charge in [0.15, 0.2) is 23.2 Å². The van der Waals surface area contributed by atoms with Crippen LogP contribution in [0.4, 0.5) is 13.2 Å². The molecule has 5 N–H and O–H groups in total. The maximum atomic E-state index is 13.8. The molecule has 3 aromatic rings. The summed E-state index contributed by atoms with van der Waals surface area (Å²) < 4.78 is 59.2. The SMILES string of the molecule is CO[C@@H]1[C@@H](n2cc(-c3cc(F)c(F)c(F)c3)nn2)[C@@H](O)[C@@H](CO)O[C@@H]1Cc1cc(C2(O)CCNCC2)on1.O=CO. The molecule has 1 aromatic carbocycles. The van der Waals surface area contributed by atoms with Gasteiger partial charge in [0, 0.05) is 25.2 Å². The monoisotopic (exact) mass is 585 g/mol. The Hall–Kier alpha value is -3.41. The van der Waals surface area contributed by atoms with Crippen LogP contribution in [0, 0.1) is 17.5 Å². The predicted molar refractivity (Wildman–Crippen MR) is 132 cm³/mol. The van der Waals surface area contributed by atoms with Gasteiger partial charge in [0.1, 0.15) is 35.6 Å². The van der Waals surface area contributed by atoms with Gasteiger partial charge >= 0.3 is 0 Å². The van der Waals surface area contributed by atoms with E-state index in [0.717, 1.165) is 12.1 Å². The van der Waals surface area contributed by atoms with Gasteiger partial charge in [0.25, 0.3) is 6.47 Å². The van der Waals surface area contributed by atoms with Crippen LogP contribution in [-0.2, 0) is 26.3 Å². The summed E-state index contributed by atoms with van der Waals surface area (Å²) in [4.78, 5) is 8.36. The van der Waals surface area contributed by atoms with Crippen molar-refractivity contribution in [3.8, 4) is 11.3 Å². The maximum Gasteiger partial charge on any atom is 0.290 e. The first kappa shape index (κ1) is 30.5. The highest BCUT2D eigenvalue weighted by atomic mass is 19.2. The van der Waals surface area contributed by atoms with Crippen molar-refractivity contribution in [2.75, 3.05) is 26.8 Å². The Morgan fingerprint density at radius 2 is 1.85 bits per heavy atom. The molecule has 41 heavy (non-hydrogen) atoms. The lowest BCUT2D eigenvalue weighted by atomic mass is 9.88. The number of aliphatic hydroxyl groups is 3. The minimum atomic E-state index is -1.60. The van der Waals surface area contributed by atoms with Gasteiger partial charge in [-0.1, -0.05) is 10.4 Å². The number of hydrogen-bond acceptors (Lipinski definition) is 11. The molecule has 2 saturated heterocycles. The van der Waals surface area contributed by atoms with Crippen LogP contribution in [0.1, 0.15) is 30.3 Å². The van der Waals surface area contributed by atoms with E-state index in [1.807, 2.05) is 0 Å². The van der Waals surface area contributed by atoms with Crippen molar-refractivity contribution >= 4 is 6.47 Å². The number of methoxy groups -OCH3 is 1. The van der Waals surface area contributed by atoms with Crippen molar-refractivity contribution in [1.82, 2.24) is 25.5 Å². The average Bonchev–Trinajstić information content (AvgIpc) is 3.63. The van der Waals surface area contributed by atoms with Crippen molar-refractivity contribution in [2.24, 2.45) is 0 Å². The zero-order valence-electron chi connectivity index (χ0n) is 21.9. The second kappa shape index (κ2) is 13.1. The second-order valence-corrected chi connectivity index (χ2v) is 9.69. The molecule has 5 rings (SSSR count). The molecule has 2 aliphatic heterocycles. The molecule has 0 bridgehead atoms. The molecule has 0 aliphatic carbocycles. The summed E-state index contributed by atoms with van der Waals surface area (Å²) in [7, 11) is 1.41. The van der Waals surface area contributed by atoms with Gasteiger partial charge in [-0.3, -0.25) is 4.79 Å². The number of carboxylic acid groups (broad SMARTS) is 1. The van der Waals surface area contributed by atoms with Crippen molar-refractivity contribution < 1.29 is 52.4 Å². The molecule has 224 valence electrons. The van der Waals surface area contributed by atoms with Gasteiger partial charge in [-0.25, -0.2) is 17.9 Å². The number of aromatic nitrogens is 4. The summed E-state index contributed by atoms with van der Waals surface area (Å²) in [5.41, 5.74) is -0.676. The number of halogens is 3. The Kier molecular flexibility index (Phi) is 9.72. The Morgan fingerprint density at radius 3 is 2.46 bits per heavy atom. The van der Waals surface area contributed by atoms with E-state index in [-0.39, 0.29) is 24.2 Å². The predicted octanol–water partition coefficient (Wildman–Crippen LogP) is 0.542. The fourth-order valence-corrected chi connectivity index (χ4v) is 5.11. The van der Waals surface area contributed by atoms with Crippen LogP contribution < -0.4 is 5.32 Å². The summed E-state index contributed by atoms with van der Waals surface area (Å²) in [6.45, 7) is 0.509. The molecule has 13 nitrogen and oxygen atoms in total. The fraction of sp³-hybridized carbons (Fsp3) is 0.520. The number of piperidine rings is 1. The van der Waals surface area contributed by atoms with Gasteiger partial charge in [0.2, 0.25) is 0 Å². The molecule has 5 atom stereocenters. The first-order chi connectivity index (χ1) is 19.6. The third kappa shape index (κ3) is 6.42. The maximum absolute atomic E-state index is 13.8. The van der Waals surface area contributed by atoms with E-state index in [4.69, 9.17) is 23.9 Å². The van der Waals surface area contributed by atoms with Crippen LogP contribution in [0.3, 0.4) is 0 Å². The third-order valence-electron chi connectivity index (χ3n) is 7.19. The summed E-state index contributed by atoms with van der Waals surface area (Å²) >= 11 is 0. The quantitative estimate of drug-likeness (QED) is 0.192. The number of aliphatic hydroxyl groups excluding tert-OH is 2. The third-order valence-corrected chi connectivity index (χ3v) is 7.19. The number of rotatable bonds is 7. The van der Waals surface area contributed by atoms with E-state index >= 15 is 0 Å². The zero-order valence-corrected chi connectivity index (χ0v) is 21.9. The van der Waals surface area contributed by atoms with Crippen molar-refractivity contribution in [3.63, 3.8) is 0 Å². The van der Waals surface area contributed by atoms with E-state index in [1.54, 1.807) is 6.07 Å². The van der Waals surface area contributed by atoms with Crippen LogP contribution in [0.5, 0.6) is 0 Å². The van der Waals surface area contributed by atoms with E-state index < -0.39 is 60.1 Å². The molecule has 0 saturated carbocycles. The highest BCUT2D eigenvalue weighted by Crippen LogP contribution is 2.35. The van der Waals surface area contributed by atoms with E-state index in [9.17, 15) is 28.5 Å². The van der Waals surface area contributed by atoms with Gasteiger partial charge < -0.3 is 39.7 Å². The van der Waals surface area contributed by atoms with E-state index in [1.165, 1.54) is 18.0 Å². The van der Waals surface area contributed by atoms with Gasteiger partial charge in [0.05, 0.1) is 24.6 Å². The van der Waals surface area contributed by atoms with Crippen LogP contribution in [0.25, 0.3) is 11.3 Å². The van der Waals surface area contributed by atoms with E-state index in [0.29, 0.717) is 37.4 Å². The Bertz CT molecular complexity index is 1290. The molecular weight excluding hydrogens is 555 g/mol. The summed E-state index contributed by atoms with van der Waals surface area (Å²) in [6.07, 6.45) is -1.44.